The molecule has 1 heterocycles. The van der Waals surface area contributed by atoms with Crippen LogP contribution in [0.25, 0.3) is 11.4 Å². The molecule has 4 rings (SSSR count). The zero-order chi connectivity index (χ0) is 74.6. The highest BCUT2D eigenvalue weighted by Crippen LogP contribution is 2.44. The molecule has 0 unspecified atom stereocenters. The van der Waals surface area contributed by atoms with Gasteiger partial charge in [-0.2, -0.15) is 15.0 Å². The van der Waals surface area contributed by atoms with Crippen molar-refractivity contribution in [3.05, 3.63) is 61.0 Å². The van der Waals surface area contributed by atoms with Crippen molar-refractivity contribution in [2.24, 2.45) is 0 Å². The lowest BCUT2D eigenvalue weighted by atomic mass is 10.1. The number of ether oxygens (including phenoxy) is 6. The number of anilines is 4. The second-order valence-electron chi connectivity index (χ2n) is 31.0. The summed E-state index contributed by atoms with van der Waals surface area (Å²) in [7, 11) is 0. The van der Waals surface area contributed by atoms with Crippen molar-refractivity contribution in [3.63, 3.8) is 0 Å². The molecule has 0 aliphatic rings. The van der Waals surface area contributed by atoms with E-state index in [1.54, 1.807) is 0 Å². The maximum atomic E-state index is 6.88. The fourth-order valence-corrected chi connectivity index (χ4v) is 14.2. The summed E-state index contributed by atoms with van der Waals surface area (Å²) in [5.74, 6) is 5.41. The van der Waals surface area contributed by atoms with Crippen molar-refractivity contribution >= 4 is 23.3 Å². The Balaban J connectivity index is 1.72. The van der Waals surface area contributed by atoms with Crippen LogP contribution in [-0.4, -0.2) is 54.6 Å². The topological polar surface area (TPSA) is 118 Å². The van der Waals surface area contributed by atoms with Crippen LogP contribution >= 0.6 is 0 Å². The maximum absolute atomic E-state index is 6.88. The predicted octanol–water partition coefficient (Wildman–Crippen LogP) is 31.0. The number of hydrogen-bond acceptors (Lipinski definition) is 11. The molecule has 0 aliphatic heterocycles. The number of nitrogens with one attached hydrogen (secondary N) is 2. The highest BCUT2D eigenvalue weighted by Gasteiger charge is 2.21. The van der Waals surface area contributed by atoms with Gasteiger partial charge in [0.05, 0.1) is 39.6 Å². The normalized spacial score (nSPS) is 11.4. The molecule has 11 nitrogen and oxygen atoms in total. The molecule has 11 heteroatoms. The van der Waals surface area contributed by atoms with Crippen LogP contribution in [0, 0.1) is 6.92 Å². The molecular weight excluding hydrogens is 1300 g/mol. The summed E-state index contributed by atoms with van der Waals surface area (Å²) in [5, 5.41) is 7.34. The summed E-state index contributed by atoms with van der Waals surface area (Å²) in [6.45, 7) is 21.6. The molecule has 2 N–H and O–H groups in total. The second kappa shape index (κ2) is 67.2. The number of benzene rings is 3. The Hall–Kier alpha value is -4.93. The Bertz CT molecular complexity index is 2350. The zero-order valence-corrected chi connectivity index (χ0v) is 69.3. The second-order valence-corrected chi connectivity index (χ2v) is 31.0. The quantitative estimate of drug-likeness (QED) is 0.0412. The summed E-state index contributed by atoms with van der Waals surface area (Å²) < 4.78 is 41.3. The standard InChI is InChI=1S/C94H162N5O6/c1-8-14-20-26-32-38-44-50-56-62-72-100-86-78-84(79-87(101-73-63-57-51-45-39-33-27-21-15-9-2)90(86)104-76-66-60-54-48-42-36-30-24-18-12-5)95-93-97-92(83-70-68-82(7)69-71-83)98-94(99-93)96-85-80-88(102-74-64-58-52-46-40-34-28-22-16-10-3)91(105-77-67-61-55-49-43-37-31-25-19-13-6)89(81-85)103-75-65-59-53-47-41-35-29-23-17-11-4/h68-71,78-81H,7-67,72-77H2,1-6H3,(H2,95,96,97,98,99). The molecule has 0 saturated heterocycles. The molecule has 0 bridgehead atoms. The first kappa shape index (κ1) is 92.5. The minimum Gasteiger partial charge on any atom is -0.489 e. The average Bonchev–Trinajstić information content (AvgIpc) is 0.812. The number of rotatable bonds is 77. The monoisotopic (exact) mass is 1460 g/mol. The molecule has 0 saturated carbocycles. The number of unbranched alkanes of at least 4 members (excludes halogenated alkanes) is 54. The highest BCUT2D eigenvalue weighted by atomic mass is 16.5. The van der Waals surface area contributed by atoms with Crippen molar-refractivity contribution in [2.45, 2.75) is 427 Å². The molecule has 0 amide bonds. The molecule has 0 fully saturated rings. The van der Waals surface area contributed by atoms with E-state index in [9.17, 15) is 0 Å². The number of nitrogens with zero attached hydrogens (tertiary/aromatic N) is 3. The molecule has 0 spiro atoms. The molecule has 3 aromatic carbocycles. The van der Waals surface area contributed by atoms with Crippen LogP contribution < -0.4 is 39.1 Å². The SMILES string of the molecule is [CH2]c1ccc(-c2nc(Nc3cc(OCCCCCCCCCCCC)c(OCCCCCCCCCCCC)c(OCCCCCCCCCCCC)c3)nc(Nc3cc(OCCCCCCCCCCCC)c(OCCCCCCCCCCCC)c(OCCCCCCCCCCCC)c3)n2)cc1. The van der Waals surface area contributed by atoms with E-state index < -0.39 is 0 Å². The predicted molar refractivity (Wildman–Crippen MR) is 453 cm³/mol. The first-order chi connectivity index (χ1) is 51.9. The van der Waals surface area contributed by atoms with Gasteiger partial charge in [0.2, 0.25) is 23.4 Å². The van der Waals surface area contributed by atoms with E-state index in [2.05, 4.69) is 83.4 Å². The lowest BCUT2D eigenvalue weighted by molar-refractivity contribution is 0.234. The van der Waals surface area contributed by atoms with Crippen molar-refractivity contribution in [2.75, 3.05) is 50.3 Å². The van der Waals surface area contributed by atoms with Crippen molar-refractivity contribution in [1.82, 2.24) is 15.0 Å². The van der Waals surface area contributed by atoms with E-state index in [4.69, 9.17) is 43.4 Å². The minimum absolute atomic E-state index is 0.382. The summed E-state index contributed by atoms with van der Waals surface area (Å²) >= 11 is 0. The molecule has 0 atom stereocenters. The lowest BCUT2D eigenvalue weighted by Gasteiger charge is -2.20. The van der Waals surface area contributed by atoms with Crippen molar-refractivity contribution in [1.29, 1.82) is 0 Å². The Morgan fingerprint density at radius 1 is 0.238 bits per heavy atom. The first-order valence-corrected chi connectivity index (χ1v) is 45.3. The lowest BCUT2D eigenvalue weighted by Crippen LogP contribution is -2.09. The van der Waals surface area contributed by atoms with Crippen molar-refractivity contribution < 1.29 is 28.4 Å². The number of aromatic nitrogens is 3. The van der Waals surface area contributed by atoms with Gasteiger partial charge in [0.25, 0.3) is 0 Å². The average molecular weight is 1460 g/mol. The van der Waals surface area contributed by atoms with E-state index in [1.807, 2.05) is 24.3 Å². The van der Waals surface area contributed by atoms with Crippen molar-refractivity contribution in [3.8, 4) is 45.9 Å². The molecular formula is C94H162N5O6. The van der Waals surface area contributed by atoms with E-state index in [0.29, 0.717) is 91.9 Å². The summed E-state index contributed by atoms with van der Waals surface area (Å²) in [6, 6.07) is 16.3. The Kier molecular flexibility index (Phi) is 59.2. The van der Waals surface area contributed by atoms with Gasteiger partial charge < -0.3 is 39.1 Å². The van der Waals surface area contributed by atoms with Crippen LogP contribution in [0.5, 0.6) is 34.5 Å². The van der Waals surface area contributed by atoms with E-state index >= 15 is 0 Å². The van der Waals surface area contributed by atoms with Crippen LogP contribution in [-0.2, 0) is 0 Å². The molecule has 1 radical (unpaired) electrons. The molecule has 0 aliphatic carbocycles. The van der Waals surface area contributed by atoms with Crippen LogP contribution in [0.2, 0.25) is 0 Å². The molecule has 599 valence electrons. The summed E-state index contributed by atoms with van der Waals surface area (Å²) in [5.41, 5.74) is 3.27. The smallest absolute Gasteiger partial charge is 0.232 e. The van der Waals surface area contributed by atoms with Gasteiger partial charge in [-0.1, -0.05) is 413 Å². The summed E-state index contributed by atoms with van der Waals surface area (Å²) in [4.78, 5) is 15.5. The van der Waals surface area contributed by atoms with Gasteiger partial charge in [0.1, 0.15) is 0 Å². The largest absolute Gasteiger partial charge is 0.489 e. The minimum atomic E-state index is 0.382. The van der Waals surface area contributed by atoms with E-state index in [1.165, 1.54) is 308 Å². The third-order valence-electron chi connectivity index (χ3n) is 20.9. The molecule has 105 heavy (non-hydrogen) atoms. The van der Waals surface area contributed by atoms with Gasteiger partial charge in [-0.05, 0) is 51.0 Å². The van der Waals surface area contributed by atoms with E-state index in [0.717, 1.165) is 99.6 Å². The maximum Gasteiger partial charge on any atom is 0.232 e. The van der Waals surface area contributed by atoms with Gasteiger partial charge in [-0.3, -0.25) is 0 Å². The van der Waals surface area contributed by atoms with Gasteiger partial charge >= 0.3 is 0 Å². The fraction of sp³-hybridized carbons (Fsp3) is 0.766. The third-order valence-corrected chi connectivity index (χ3v) is 20.9. The zero-order valence-electron chi connectivity index (χ0n) is 69.3. The van der Waals surface area contributed by atoms with Crippen LogP contribution in [0.15, 0.2) is 48.5 Å². The van der Waals surface area contributed by atoms with Gasteiger partial charge in [-0.25, -0.2) is 0 Å². The summed E-state index contributed by atoms with van der Waals surface area (Å²) in [6.07, 6.45) is 75.9. The van der Waals surface area contributed by atoms with Crippen LogP contribution in [0.3, 0.4) is 0 Å². The Morgan fingerprint density at radius 2 is 0.429 bits per heavy atom. The Morgan fingerprint density at radius 3 is 0.638 bits per heavy atom. The number of hydrogen-bond donors (Lipinski definition) is 2. The van der Waals surface area contributed by atoms with Crippen LogP contribution in [0.1, 0.15) is 432 Å². The molecule has 1 aromatic heterocycles. The van der Waals surface area contributed by atoms with Gasteiger partial charge in [0, 0.05) is 41.2 Å². The fourth-order valence-electron chi connectivity index (χ4n) is 14.2. The Labute approximate surface area is 647 Å². The van der Waals surface area contributed by atoms with E-state index in [-0.39, 0.29) is 0 Å². The van der Waals surface area contributed by atoms with Gasteiger partial charge in [-0.15, -0.1) is 0 Å². The molecule has 4 aromatic rings. The first-order valence-electron chi connectivity index (χ1n) is 45.3. The third kappa shape index (κ3) is 48.3. The van der Waals surface area contributed by atoms with Gasteiger partial charge in [0.15, 0.2) is 28.8 Å². The van der Waals surface area contributed by atoms with Crippen LogP contribution in [0.4, 0.5) is 23.3 Å². The highest BCUT2D eigenvalue weighted by molar-refractivity contribution is 5.70.